The van der Waals surface area contributed by atoms with E-state index in [-0.39, 0.29) is 6.04 Å². The highest BCUT2D eigenvalue weighted by atomic mass is 15.3. The summed E-state index contributed by atoms with van der Waals surface area (Å²) in [7, 11) is 1.98. The maximum Gasteiger partial charge on any atom is 0.0842 e. The fraction of sp³-hybridized carbons (Fsp3) is 0.400. The van der Waals surface area contributed by atoms with Crippen LogP contribution in [-0.4, -0.2) is 16.3 Å². The minimum atomic E-state index is 0.176. The molecule has 3 heteroatoms. The zero-order valence-corrected chi connectivity index (χ0v) is 11.6. The lowest BCUT2D eigenvalue weighted by Crippen LogP contribution is -2.22. The molecule has 3 nitrogen and oxygen atoms in total. The molecule has 1 N–H and O–H groups in total. The number of aromatic nitrogens is 2. The Morgan fingerprint density at radius 3 is 2.39 bits per heavy atom. The first-order valence-corrected chi connectivity index (χ1v) is 6.42. The zero-order valence-electron chi connectivity index (χ0n) is 11.6. The minimum Gasteiger partial charge on any atom is -0.305 e. The first kappa shape index (κ1) is 12.8. The highest BCUT2D eigenvalue weighted by Crippen LogP contribution is 2.21. The van der Waals surface area contributed by atoms with Crippen LogP contribution in [0, 0.1) is 13.8 Å². The van der Waals surface area contributed by atoms with Gasteiger partial charge in [-0.25, -0.2) is 0 Å². The predicted octanol–water partition coefficient (Wildman–Crippen LogP) is 2.74. The second kappa shape index (κ2) is 5.36. The first-order valence-electron chi connectivity index (χ1n) is 6.42. The van der Waals surface area contributed by atoms with Gasteiger partial charge < -0.3 is 5.32 Å². The average Bonchev–Trinajstić information content (AvgIpc) is 2.68. The largest absolute Gasteiger partial charge is 0.305 e. The molecule has 0 bridgehead atoms. The van der Waals surface area contributed by atoms with Crippen molar-refractivity contribution in [1.82, 2.24) is 15.1 Å². The van der Waals surface area contributed by atoms with Crippen molar-refractivity contribution in [3.05, 3.63) is 52.8 Å². The van der Waals surface area contributed by atoms with Gasteiger partial charge in [-0.2, -0.15) is 5.10 Å². The fourth-order valence-corrected chi connectivity index (χ4v) is 2.09. The van der Waals surface area contributed by atoms with Crippen LogP contribution in [0.3, 0.4) is 0 Å². The molecular weight excluding hydrogens is 222 g/mol. The molecule has 1 atom stereocenters. The van der Waals surface area contributed by atoms with Gasteiger partial charge >= 0.3 is 0 Å². The lowest BCUT2D eigenvalue weighted by Gasteiger charge is -2.16. The third-order valence-electron chi connectivity index (χ3n) is 3.25. The fourth-order valence-electron chi connectivity index (χ4n) is 2.09. The van der Waals surface area contributed by atoms with Crippen LogP contribution in [0.2, 0.25) is 0 Å². The van der Waals surface area contributed by atoms with E-state index in [0.29, 0.717) is 0 Å². The molecule has 1 unspecified atom stereocenters. The SMILES string of the molecule is CCNC(c1ccc(C)cc1)c1cc(C)n(C)n1. The van der Waals surface area contributed by atoms with Crippen molar-refractivity contribution < 1.29 is 0 Å². The number of nitrogens with zero attached hydrogens (tertiary/aromatic N) is 2. The Hall–Kier alpha value is -1.61. The van der Waals surface area contributed by atoms with Crippen LogP contribution >= 0.6 is 0 Å². The normalized spacial score (nSPS) is 12.7. The number of hydrogen-bond donors (Lipinski definition) is 1. The molecule has 18 heavy (non-hydrogen) atoms. The Kier molecular flexibility index (Phi) is 3.82. The maximum absolute atomic E-state index is 4.58. The molecule has 2 aromatic rings. The second-order valence-electron chi connectivity index (χ2n) is 4.74. The van der Waals surface area contributed by atoms with Crippen LogP contribution in [0.25, 0.3) is 0 Å². The summed E-state index contributed by atoms with van der Waals surface area (Å²) in [5.41, 5.74) is 4.81. The predicted molar refractivity (Wildman–Crippen MR) is 74.6 cm³/mol. The van der Waals surface area contributed by atoms with Crippen LogP contribution in [0.4, 0.5) is 0 Å². The van der Waals surface area contributed by atoms with E-state index >= 15 is 0 Å². The van der Waals surface area contributed by atoms with Crippen molar-refractivity contribution >= 4 is 0 Å². The van der Waals surface area contributed by atoms with E-state index in [1.54, 1.807) is 0 Å². The van der Waals surface area contributed by atoms with Crippen LogP contribution < -0.4 is 5.32 Å². The van der Waals surface area contributed by atoms with Crippen LogP contribution in [0.15, 0.2) is 30.3 Å². The number of aryl methyl sites for hydroxylation is 3. The monoisotopic (exact) mass is 243 g/mol. The van der Waals surface area contributed by atoms with Gasteiger partial charge in [-0.3, -0.25) is 4.68 Å². The van der Waals surface area contributed by atoms with E-state index in [1.807, 2.05) is 11.7 Å². The Labute approximate surface area is 109 Å². The molecule has 0 fully saturated rings. The van der Waals surface area contributed by atoms with Crippen LogP contribution in [0.1, 0.15) is 35.5 Å². The van der Waals surface area contributed by atoms with Gasteiger partial charge in [-0.15, -0.1) is 0 Å². The molecule has 1 aromatic carbocycles. The van der Waals surface area contributed by atoms with Crippen molar-refractivity contribution in [2.45, 2.75) is 26.8 Å². The molecule has 1 heterocycles. The summed E-state index contributed by atoms with van der Waals surface area (Å²) in [6, 6.07) is 11.0. The summed E-state index contributed by atoms with van der Waals surface area (Å²) in [4.78, 5) is 0. The summed E-state index contributed by atoms with van der Waals surface area (Å²) in [6.45, 7) is 7.23. The summed E-state index contributed by atoms with van der Waals surface area (Å²) in [5.74, 6) is 0. The number of benzene rings is 1. The molecule has 0 aliphatic rings. The van der Waals surface area contributed by atoms with E-state index in [2.05, 4.69) is 61.5 Å². The van der Waals surface area contributed by atoms with Crippen molar-refractivity contribution in [3.63, 3.8) is 0 Å². The van der Waals surface area contributed by atoms with E-state index in [1.165, 1.54) is 16.8 Å². The number of rotatable bonds is 4. The summed E-state index contributed by atoms with van der Waals surface area (Å²) in [6.07, 6.45) is 0. The van der Waals surface area contributed by atoms with E-state index in [9.17, 15) is 0 Å². The Bertz CT molecular complexity index is 492. The second-order valence-corrected chi connectivity index (χ2v) is 4.74. The van der Waals surface area contributed by atoms with E-state index in [4.69, 9.17) is 0 Å². The topological polar surface area (TPSA) is 29.9 Å². The maximum atomic E-state index is 4.58. The highest BCUT2D eigenvalue weighted by Gasteiger charge is 2.16. The summed E-state index contributed by atoms with van der Waals surface area (Å²) >= 11 is 0. The number of nitrogens with one attached hydrogen (secondary N) is 1. The van der Waals surface area contributed by atoms with Crippen molar-refractivity contribution in [2.75, 3.05) is 6.54 Å². The third-order valence-corrected chi connectivity index (χ3v) is 3.25. The molecule has 0 aliphatic carbocycles. The zero-order chi connectivity index (χ0) is 13.1. The van der Waals surface area contributed by atoms with E-state index in [0.717, 1.165) is 12.2 Å². The van der Waals surface area contributed by atoms with Gasteiger partial charge in [-0.1, -0.05) is 36.8 Å². The van der Waals surface area contributed by atoms with Crippen LogP contribution in [-0.2, 0) is 7.05 Å². The quantitative estimate of drug-likeness (QED) is 0.895. The van der Waals surface area contributed by atoms with E-state index < -0.39 is 0 Å². The smallest absolute Gasteiger partial charge is 0.0842 e. The highest BCUT2D eigenvalue weighted by molar-refractivity contribution is 5.30. The molecular formula is C15H21N3. The average molecular weight is 243 g/mol. The van der Waals surface area contributed by atoms with Crippen molar-refractivity contribution in [3.8, 4) is 0 Å². The lowest BCUT2D eigenvalue weighted by molar-refractivity contribution is 0.598. The van der Waals surface area contributed by atoms with Gasteiger partial charge in [0.2, 0.25) is 0 Å². The molecule has 0 spiro atoms. The van der Waals surface area contributed by atoms with Crippen molar-refractivity contribution in [1.29, 1.82) is 0 Å². The van der Waals surface area contributed by atoms with Crippen LogP contribution in [0.5, 0.6) is 0 Å². The lowest BCUT2D eigenvalue weighted by atomic mass is 10.0. The van der Waals surface area contributed by atoms with Crippen molar-refractivity contribution in [2.24, 2.45) is 7.05 Å². The third kappa shape index (κ3) is 2.62. The van der Waals surface area contributed by atoms with Gasteiger partial charge in [0.25, 0.3) is 0 Å². The molecule has 96 valence electrons. The Balaban J connectivity index is 2.36. The standard InChI is InChI=1S/C15H21N3/c1-5-16-15(13-8-6-11(2)7-9-13)14-10-12(3)18(4)17-14/h6-10,15-16H,5H2,1-4H3. The Morgan fingerprint density at radius 1 is 1.22 bits per heavy atom. The van der Waals surface area contributed by atoms with Gasteiger partial charge in [0.05, 0.1) is 11.7 Å². The molecule has 1 aromatic heterocycles. The van der Waals surface area contributed by atoms with Gasteiger partial charge in [-0.05, 0) is 32.0 Å². The molecule has 0 amide bonds. The molecule has 0 radical (unpaired) electrons. The molecule has 0 saturated heterocycles. The summed E-state index contributed by atoms with van der Waals surface area (Å²) in [5, 5.41) is 8.08. The van der Waals surface area contributed by atoms with Gasteiger partial charge in [0, 0.05) is 12.7 Å². The molecule has 0 aliphatic heterocycles. The Morgan fingerprint density at radius 2 is 1.89 bits per heavy atom. The first-order chi connectivity index (χ1) is 8.61. The summed E-state index contributed by atoms with van der Waals surface area (Å²) < 4.78 is 1.92. The number of hydrogen-bond acceptors (Lipinski definition) is 2. The molecule has 0 saturated carbocycles. The molecule has 2 rings (SSSR count). The van der Waals surface area contributed by atoms with Gasteiger partial charge in [0.1, 0.15) is 0 Å². The van der Waals surface area contributed by atoms with Gasteiger partial charge in [0.15, 0.2) is 0 Å². The minimum absolute atomic E-state index is 0.176.